The van der Waals surface area contributed by atoms with Crippen molar-refractivity contribution in [2.24, 2.45) is 0 Å². The zero-order valence-electron chi connectivity index (χ0n) is 10.4. The summed E-state index contributed by atoms with van der Waals surface area (Å²) in [5.41, 5.74) is 1.10. The number of aromatic nitrogens is 2. The number of hydrogen-bond donors (Lipinski definition) is 1. The van der Waals surface area contributed by atoms with Crippen molar-refractivity contribution in [3.8, 4) is 5.75 Å². The Morgan fingerprint density at radius 1 is 1.42 bits per heavy atom. The zero-order chi connectivity index (χ0) is 13.0. The molecule has 2 rings (SSSR count). The maximum absolute atomic E-state index is 10.6. The molecule has 1 aromatic heterocycles. The molecule has 0 radical (unpaired) electrons. The molecule has 0 aliphatic rings. The first kappa shape index (κ1) is 15.0. The van der Waals surface area contributed by atoms with Gasteiger partial charge in [-0.05, 0) is 24.6 Å². The van der Waals surface area contributed by atoms with Crippen LogP contribution in [0.25, 0.3) is 0 Å². The van der Waals surface area contributed by atoms with Crippen molar-refractivity contribution in [2.45, 2.75) is 19.6 Å². The van der Waals surface area contributed by atoms with Crippen LogP contribution in [-0.2, 0) is 11.3 Å². The molecule has 1 unspecified atom stereocenters. The Labute approximate surface area is 117 Å². The van der Waals surface area contributed by atoms with Crippen molar-refractivity contribution in [2.75, 3.05) is 0 Å². The monoisotopic (exact) mass is 282 g/mol. The topological polar surface area (TPSA) is 64.4 Å². The predicted octanol–water partition coefficient (Wildman–Crippen LogP) is 2.21. The first-order valence-corrected chi connectivity index (χ1v) is 5.59. The lowest BCUT2D eigenvalue weighted by atomic mass is 10.2. The van der Waals surface area contributed by atoms with E-state index in [2.05, 4.69) is 4.98 Å². The van der Waals surface area contributed by atoms with Crippen LogP contribution < -0.4 is 4.74 Å². The second-order valence-electron chi connectivity index (χ2n) is 3.98. The van der Waals surface area contributed by atoms with E-state index < -0.39 is 12.1 Å². The van der Waals surface area contributed by atoms with E-state index in [9.17, 15) is 4.79 Å². The smallest absolute Gasteiger partial charge is 0.344 e. The molecule has 102 valence electrons. The highest BCUT2D eigenvalue weighted by molar-refractivity contribution is 5.85. The van der Waals surface area contributed by atoms with E-state index in [4.69, 9.17) is 9.84 Å². The Morgan fingerprint density at radius 3 is 2.63 bits per heavy atom. The Kier molecular flexibility index (Phi) is 5.38. The van der Waals surface area contributed by atoms with E-state index in [-0.39, 0.29) is 12.4 Å². The average Bonchev–Trinajstić information content (AvgIpc) is 2.84. The van der Waals surface area contributed by atoms with Crippen LogP contribution in [0.2, 0.25) is 0 Å². The van der Waals surface area contributed by atoms with E-state index in [1.807, 2.05) is 22.9 Å². The third-order valence-electron chi connectivity index (χ3n) is 2.51. The molecule has 1 N–H and O–H groups in total. The minimum Gasteiger partial charge on any atom is -0.479 e. The molecule has 0 fully saturated rings. The highest BCUT2D eigenvalue weighted by Gasteiger charge is 2.11. The second-order valence-corrected chi connectivity index (χ2v) is 3.98. The van der Waals surface area contributed by atoms with Crippen molar-refractivity contribution < 1.29 is 14.6 Å². The fourth-order valence-corrected chi connectivity index (χ4v) is 1.52. The van der Waals surface area contributed by atoms with Crippen LogP contribution in [-0.4, -0.2) is 26.7 Å². The minimum absolute atomic E-state index is 0. The summed E-state index contributed by atoms with van der Waals surface area (Å²) in [5, 5.41) is 8.73. The Morgan fingerprint density at radius 2 is 2.11 bits per heavy atom. The fraction of sp³-hybridized carbons (Fsp3) is 0.231. The molecule has 0 saturated carbocycles. The summed E-state index contributed by atoms with van der Waals surface area (Å²) in [6, 6.07) is 7.35. The molecule has 2 aromatic rings. The molecule has 1 heterocycles. The molecule has 0 saturated heterocycles. The van der Waals surface area contributed by atoms with Gasteiger partial charge in [0.05, 0.1) is 6.33 Å². The molecule has 0 aliphatic carbocycles. The highest BCUT2D eigenvalue weighted by Crippen LogP contribution is 2.14. The van der Waals surface area contributed by atoms with Gasteiger partial charge in [0.2, 0.25) is 0 Å². The summed E-state index contributed by atoms with van der Waals surface area (Å²) in [4.78, 5) is 14.6. The van der Waals surface area contributed by atoms with Gasteiger partial charge >= 0.3 is 5.97 Å². The van der Waals surface area contributed by atoms with Crippen LogP contribution in [0.4, 0.5) is 0 Å². The van der Waals surface area contributed by atoms with Gasteiger partial charge < -0.3 is 14.4 Å². The first-order valence-electron chi connectivity index (χ1n) is 5.59. The van der Waals surface area contributed by atoms with Gasteiger partial charge in [-0.2, -0.15) is 0 Å². The van der Waals surface area contributed by atoms with Gasteiger partial charge in [0.1, 0.15) is 5.75 Å². The van der Waals surface area contributed by atoms with Crippen molar-refractivity contribution in [1.82, 2.24) is 9.55 Å². The number of ether oxygens (including phenoxy) is 1. The van der Waals surface area contributed by atoms with Gasteiger partial charge in [-0.3, -0.25) is 0 Å². The number of benzene rings is 1. The zero-order valence-corrected chi connectivity index (χ0v) is 11.2. The normalized spacial score (nSPS) is 11.4. The second kappa shape index (κ2) is 6.80. The lowest BCUT2D eigenvalue weighted by molar-refractivity contribution is -0.144. The number of halogens is 1. The summed E-state index contributed by atoms with van der Waals surface area (Å²) >= 11 is 0. The number of nitrogens with zero attached hydrogens (tertiary/aromatic N) is 2. The van der Waals surface area contributed by atoms with Gasteiger partial charge in [-0.15, -0.1) is 12.4 Å². The average molecular weight is 283 g/mol. The number of carbonyl (C=O) groups is 1. The standard InChI is InChI=1S/C13H14N2O3.ClH/c1-10(13(16)17)18-12-4-2-11(3-5-12)8-15-7-6-14-9-15;/h2-7,9-10H,8H2,1H3,(H,16,17);1H. The van der Waals surface area contributed by atoms with E-state index in [1.54, 1.807) is 24.7 Å². The molecule has 1 atom stereocenters. The lowest BCUT2D eigenvalue weighted by Gasteiger charge is -2.10. The molecule has 0 amide bonds. The van der Waals surface area contributed by atoms with Gasteiger partial charge in [0, 0.05) is 18.9 Å². The number of hydrogen-bond acceptors (Lipinski definition) is 3. The predicted molar refractivity (Wildman–Crippen MR) is 72.7 cm³/mol. The molecular weight excluding hydrogens is 268 g/mol. The third-order valence-corrected chi connectivity index (χ3v) is 2.51. The van der Waals surface area contributed by atoms with Crippen LogP contribution in [0.5, 0.6) is 5.75 Å². The minimum atomic E-state index is -0.975. The van der Waals surface area contributed by atoms with Gasteiger partial charge in [0.25, 0.3) is 0 Å². The van der Waals surface area contributed by atoms with Crippen molar-refractivity contribution in [3.05, 3.63) is 48.5 Å². The summed E-state index contributed by atoms with van der Waals surface area (Å²) in [5.74, 6) is -0.420. The summed E-state index contributed by atoms with van der Waals surface area (Å²) in [7, 11) is 0. The molecule has 0 aliphatic heterocycles. The van der Waals surface area contributed by atoms with E-state index in [0.717, 1.165) is 12.1 Å². The number of rotatable bonds is 5. The SMILES string of the molecule is CC(Oc1ccc(Cn2ccnc2)cc1)C(=O)O.Cl. The van der Waals surface area contributed by atoms with Crippen LogP contribution in [0.3, 0.4) is 0 Å². The molecule has 5 nitrogen and oxygen atoms in total. The maximum Gasteiger partial charge on any atom is 0.344 e. The van der Waals surface area contributed by atoms with Crippen molar-refractivity contribution in [1.29, 1.82) is 0 Å². The highest BCUT2D eigenvalue weighted by atomic mass is 35.5. The van der Waals surface area contributed by atoms with Gasteiger partial charge in [-0.1, -0.05) is 12.1 Å². The molecule has 0 bridgehead atoms. The quantitative estimate of drug-likeness (QED) is 0.913. The fourth-order valence-electron chi connectivity index (χ4n) is 1.52. The summed E-state index contributed by atoms with van der Waals surface area (Å²) in [6.07, 6.45) is 4.52. The Bertz CT molecular complexity index is 511. The van der Waals surface area contributed by atoms with Gasteiger partial charge in [-0.25, -0.2) is 9.78 Å². The molecule has 6 heteroatoms. The van der Waals surface area contributed by atoms with Crippen molar-refractivity contribution in [3.63, 3.8) is 0 Å². The Hall–Kier alpha value is -2.01. The van der Waals surface area contributed by atoms with Gasteiger partial charge in [0.15, 0.2) is 6.10 Å². The number of aliphatic carboxylic acids is 1. The third kappa shape index (κ3) is 4.30. The summed E-state index contributed by atoms with van der Waals surface area (Å²) < 4.78 is 7.20. The number of carboxylic acid groups (broad SMARTS) is 1. The number of imidazole rings is 1. The van der Waals surface area contributed by atoms with Crippen molar-refractivity contribution >= 4 is 18.4 Å². The maximum atomic E-state index is 10.6. The van der Waals surface area contributed by atoms with E-state index in [0.29, 0.717) is 5.75 Å². The van der Waals surface area contributed by atoms with Crippen LogP contribution in [0, 0.1) is 0 Å². The lowest BCUT2D eigenvalue weighted by Crippen LogP contribution is -2.22. The van der Waals surface area contributed by atoms with E-state index >= 15 is 0 Å². The summed E-state index contributed by atoms with van der Waals surface area (Å²) in [6.45, 7) is 2.23. The molecule has 0 spiro atoms. The molecule has 1 aromatic carbocycles. The molecular formula is C13H15ClN2O3. The van der Waals surface area contributed by atoms with Crippen LogP contribution in [0.1, 0.15) is 12.5 Å². The first-order chi connectivity index (χ1) is 8.65. The largest absolute Gasteiger partial charge is 0.479 e. The Balaban J connectivity index is 0.00000180. The van der Waals surface area contributed by atoms with Crippen LogP contribution in [0.15, 0.2) is 43.0 Å². The number of carboxylic acids is 1. The van der Waals surface area contributed by atoms with E-state index in [1.165, 1.54) is 6.92 Å². The molecule has 19 heavy (non-hydrogen) atoms. The van der Waals surface area contributed by atoms with Crippen LogP contribution >= 0.6 is 12.4 Å².